The van der Waals surface area contributed by atoms with E-state index in [4.69, 9.17) is 117 Å². The molecule has 0 amide bonds. The first-order valence-electron chi connectivity index (χ1n) is 16.2. The molecule has 4 atom stereocenters. The Hall–Kier alpha value is -0.920. The molecule has 0 radical (unpaired) electrons. The summed E-state index contributed by atoms with van der Waals surface area (Å²) in [5.74, 6) is 0. The van der Waals surface area contributed by atoms with E-state index in [9.17, 15) is 0 Å². The van der Waals surface area contributed by atoms with Crippen LogP contribution in [0.1, 0.15) is 13.3 Å². The molecule has 0 saturated heterocycles. The Kier molecular flexibility index (Phi) is 42.5. The van der Waals surface area contributed by atoms with Crippen molar-refractivity contribution in [2.75, 3.05) is 126 Å². The standard InChI is InChI=1S/C10H22O7.C6H14O6.C6H14O3.C5H12O4.C3H8O3/c11-1-9(2-12,3-13)7-17-8-10(4-14,5-15)6-16;7-1-3(9)5(11)6(12)4(10)2-8;1-2-6(3-7,4-8)5-9;6-1-5(2-7,3-8)4-9;4-1-3(6)2-5/h11-16H,1-8H2;3-12H,1-2H2;7-9H,2-5H2,1H3;6-9H,1-4H2;3-6H,1-2H2. The molecule has 0 heterocycles. The second-order valence-electron chi connectivity index (χ2n) is 12.4. The third kappa shape index (κ3) is 25.8. The predicted molar refractivity (Wildman–Crippen MR) is 181 cm³/mol. The highest BCUT2D eigenvalue weighted by Crippen LogP contribution is 2.20. The molecular weight excluding hydrogens is 728 g/mol. The second-order valence-corrected chi connectivity index (χ2v) is 12.4. The van der Waals surface area contributed by atoms with Crippen LogP contribution in [0.5, 0.6) is 0 Å². The van der Waals surface area contributed by atoms with Crippen LogP contribution in [0.25, 0.3) is 0 Å². The van der Waals surface area contributed by atoms with E-state index in [-0.39, 0.29) is 46.2 Å². The summed E-state index contributed by atoms with van der Waals surface area (Å²) in [7, 11) is 0. The van der Waals surface area contributed by atoms with Gasteiger partial charge in [0.25, 0.3) is 0 Å². The monoisotopic (exact) mass is 798 g/mol. The Bertz CT molecular complexity index is 628. The molecule has 0 fully saturated rings. The van der Waals surface area contributed by atoms with E-state index >= 15 is 0 Å². The summed E-state index contributed by atoms with van der Waals surface area (Å²) >= 11 is 0. The fraction of sp³-hybridized carbons (Fsp3) is 1.00. The predicted octanol–water partition coefficient (Wildman–Crippen LogP) is -11.0. The first-order valence-corrected chi connectivity index (χ1v) is 16.2. The largest absolute Gasteiger partial charge is 0.396 e. The van der Waals surface area contributed by atoms with Gasteiger partial charge in [0.15, 0.2) is 0 Å². The van der Waals surface area contributed by atoms with Crippen LogP contribution in [0, 0.1) is 21.7 Å². The van der Waals surface area contributed by atoms with Crippen molar-refractivity contribution < 1.29 is 117 Å². The number of hydrogen-bond donors (Lipinski definition) is 22. The van der Waals surface area contributed by atoms with Gasteiger partial charge in [-0.3, -0.25) is 0 Å². The first-order chi connectivity index (χ1) is 24.9. The zero-order valence-electron chi connectivity index (χ0n) is 30.3. The lowest BCUT2D eigenvalue weighted by molar-refractivity contribution is -0.123. The van der Waals surface area contributed by atoms with Gasteiger partial charge in [-0.2, -0.15) is 0 Å². The van der Waals surface area contributed by atoms with E-state index in [1.54, 1.807) is 0 Å². The normalized spacial score (nSPS) is 14.3. The zero-order chi connectivity index (χ0) is 42.7. The topological polar surface area (TPSA) is 454 Å². The summed E-state index contributed by atoms with van der Waals surface area (Å²) in [5, 5.41) is 190. The summed E-state index contributed by atoms with van der Waals surface area (Å²) < 4.78 is 5.15. The molecule has 0 bridgehead atoms. The first kappa shape index (κ1) is 61.3. The van der Waals surface area contributed by atoms with Gasteiger partial charge in [0.2, 0.25) is 0 Å². The highest BCUT2D eigenvalue weighted by molar-refractivity contribution is 4.81. The van der Waals surface area contributed by atoms with Gasteiger partial charge in [-0.1, -0.05) is 6.92 Å². The van der Waals surface area contributed by atoms with Crippen molar-refractivity contribution in [1.82, 2.24) is 0 Å². The molecule has 22 N–H and O–H groups in total. The van der Waals surface area contributed by atoms with Crippen LogP contribution in [-0.4, -0.2) is 268 Å². The third-order valence-corrected chi connectivity index (χ3v) is 7.86. The minimum atomic E-state index is -1.67. The molecule has 0 saturated carbocycles. The van der Waals surface area contributed by atoms with Gasteiger partial charge in [-0.25, -0.2) is 0 Å². The smallest absolute Gasteiger partial charge is 0.111 e. The highest BCUT2D eigenvalue weighted by Gasteiger charge is 2.33. The Balaban J connectivity index is -0.000000189. The van der Waals surface area contributed by atoms with E-state index in [1.165, 1.54) is 0 Å². The van der Waals surface area contributed by atoms with Crippen LogP contribution in [0.3, 0.4) is 0 Å². The summed E-state index contributed by atoms with van der Waals surface area (Å²) in [6.45, 7) is -5.46. The average Bonchev–Trinajstić information content (AvgIpc) is 3.23. The summed E-state index contributed by atoms with van der Waals surface area (Å²) in [4.78, 5) is 0. The number of aliphatic hydroxyl groups excluding tert-OH is 22. The van der Waals surface area contributed by atoms with Gasteiger partial charge in [-0.15, -0.1) is 0 Å². The lowest BCUT2D eigenvalue weighted by Gasteiger charge is -2.31. The molecule has 0 aromatic carbocycles. The molecule has 0 aromatic rings. The number of ether oxygens (including phenoxy) is 1. The van der Waals surface area contributed by atoms with Crippen molar-refractivity contribution in [1.29, 1.82) is 0 Å². The van der Waals surface area contributed by atoms with Crippen molar-refractivity contribution in [3.05, 3.63) is 0 Å². The molecule has 0 rings (SSSR count). The van der Waals surface area contributed by atoms with Crippen LogP contribution >= 0.6 is 0 Å². The lowest BCUT2D eigenvalue weighted by atomic mass is 9.88. The maximum Gasteiger partial charge on any atom is 0.111 e. The van der Waals surface area contributed by atoms with Crippen molar-refractivity contribution in [3.63, 3.8) is 0 Å². The summed E-state index contributed by atoms with van der Waals surface area (Å²) in [6.07, 6.45) is -6.75. The SMILES string of the molecule is CCC(CO)(CO)CO.OCC(CO)(CO)CO.OCC(CO)(CO)COCC(CO)(CO)CO.OCC(O)C(O)C(O)C(O)CO.OCC(O)CO. The Morgan fingerprint density at radius 2 is 0.566 bits per heavy atom. The molecule has 53 heavy (non-hydrogen) atoms. The second kappa shape index (κ2) is 36.7. The van der Waals surface area contributed by atoms with Crippen molar-refractivity contribution in [3.8, 4) is 0 Å². The lowest BCUT2D eigenvalue weighted by Crippen LogP contribution is -2.46. The van der Waals surface area contributed by atoms with Gasteiger partial charge >= 0.3 is 0 Å². The molecule has 328 valence electrons. The van der Waals surface area contributed by atoms with Gasteiger partial charge in [0.05, 0.1) is 142 Å². The fourth-order valence-corrected chi connectivity index (χ4v) is 2.57. The average molecular weight is 799 g/mol. The van der Waals surface area contributed by atoms with E-state index < -0.39 is 131 Å². The van der Waals surface area contributed by atoms with Crippen molar-refractivity contribution in [2.45, 2.75) is 43.9 Å². The van der Waals surface area contributed by atoms with Crippen molar-refractivity contribution in [2.24, 2.45) is 21.7 Å². The Morgan fingerprint density at radius 3 is 0.660 bits per heavy atom. The molecule has 0 aliphatic carbocycles. The molecular formula is C30H70O23. The molecule has 0 aliphatic rings. The minimum absolute atomic E-state index is 0.141. The highest BCUT2D eigenvalue weighted by atomic mass is 16.5. The van der Waals surface area contributed by atoms with Gasteiger partial charge in [-0.05, 0) is 6.42 Å². The van der Waals surface area contributed by atoms with Gasteiger partial charge in [0, 0.05) is 5.41 Å². The molecule has 4 unspecified atom stereocenters. The fourth-order valence-electron chi connectivity index (χ4n) is 2.57. The van der Waals surface area contributed by atoms with Gasteiger partial charge in [0.1, 0.15) is 30.5 Å². The van der Waals surface area contributed by atoms with E-state index in [0.717, 1.165) is 0 Å². The van der Waals surface area contributed by atoms with Crippen LogP contribution < -0.4 is 0 Å². The molecule has 23 nitrogen and oxygen atoms in total. The Morgan fingerprint density at radius 1 is 0.340 bits per heavy atom. The quantitative estimate of drug-likeness (QED) is 0.0408. The molecule has 0 aromatic heterocycles. The van der Waals surface area contributed by atoms with E-state index in [2.05, 4.69) is 0 Å². The van der Waals surface area contributed by atoms with Crippen LogP contribution in [0.15, 0.2) is 0 Å². The van der Waals surface area contributed by atoms with E-state index in [1.807, 2.05) is 6.92 Å². The number of hydrogen-bond acceptors (Lipinski definition) is 23. The van der Waals surface area contributed by atoms with Crippen LogP contribution in [0.2, 0.25) is 0 Å². The van der Waals surface area contributed by atoms with Gasteiger partial charge < -0.3 is 117 Å². The maximum atomic E-state index is 9.03. The van der Waals surface area contributed by atoms with Crippen LogP contribution in [0.4, 0.5) is 0 Å². The molecule has 0 spiro atoms. The zero-order valence-corrected chi connectivity index (χ0v) is 30.3. The molecule has 0 aliphatic heterocycles. The maximum absolute atomic E-state index is 9.03. The number of rotatable bonds is 25. The number of aliphatic hydroxyl groups is 22. The Labute approximate surface area is 308 Å². The van der Waals surface area contributed by atoms with E-state index in [0.29, 0.717) is 6.42 Å². The third-order valence-electron chi connectivity index (χ3n) is 7.86. The van der Waals surface area contributed by atoms with Crippen molar-refractivity contribution >= 4 is 0 Å². The molecule has 23 heteroatoms. The summed E-state index contributed by atoms with van der Waals surface area (Å²) in [6, 6.07) is 0. The van der Waals surface area contributed by atoms with Crippen LogP contribution in [-0.2, 0) is 4.74 Å². The summed E-state index contributed by atoms with van der Waals surface area (Å²) in [5.41, 5.74) is -4.10. The minimum Gasteiger partial charge on any atom is -0.396 e.